The first-order valence-corrected chi connectivity index (χ1v) is 7.03. The van der Waals surface area contributed by atoms with Crippen LogP contribution in [0.25, 0.3) is 5.69 Å². The van der Waals surface area contributed by atoms with Crippen molar-refractivity contribution in [1.29, 1.82) is 0 Å². The van der Waals surface area contributed by atoms with Crippen molar-refractivity contribution in [2.75, 3.05) is 7.05 Å². The highest BCUT2D eigenvalue weighted by atomic mass is 19.1. The number of amides is 1. The van der Waals surface area contributed by atoms with Gasteiger partial charge in [-0.05, 0) is 25.1 Å². The van der Waals surface area contributed by atoms with E-state index in [0.29, 0.717) is 23.7 Å². The van der Waals surface area contributed by atoms with Crippen molar-refractivity contribution in [2.45, 2.75) is 13.5 Å². The molecule has 0 spiro atoms. The fourth-order valence-corrected chi connectivity index (χ4v) is 2.21. The number of para-hydroxylation sites is 1. The van der Waals surface area contributed by atoms with Crippen molar-refractivity contribution in [3.8, 4) is 5.69 Å². The second-order valence-corrected chi connectivity index (χ2v) is 5.19. The molecule has 2 heterocycles. The van der Waals surface area contributed by atoms with E-state index in [1.807, 2.05) is 0 Å². The zero-order valence-corrected chi connectivity index (χ0v) is 12.7. The van der Waals surface area contributed by atoms with E-state index in [1.165, 1.54) is 15.6 Å². The molecule has 0 radical (unpaired) electrons. The van der Waals surface area contributed by atoms with Crippen LogP contribution in [0.3, 0.4) is 0 Å². The molecule has 0 atom stereocenters. The number of carbonyl (C=O) groups is 1. The normalized spacial score (nSPS) is 10.7. The second-order valence-electron chi connectivity index (χ2n) is 5.19. The lowest BCUT2D eigenvalue weighted by molar-refractivity contribution is 0.0776. The van der Waals surface area contributed by atoms with Crippen LogP contribution >= 0.6 is 0 Å². The van der Waals surface area contributed by atoms with Crippen molar-refractivity contribution in [1.82, 2.24) is 19.8 Å². The van der Waals surface area contributed by atoms with Gasteiger partial charge in [-0.2, -0.15) is 5.10 Å². The molecule has 0 fully saturated rings. The first-order valence-electron chi connectivity index (χ1n) is 7.03. The van der Waals surface area contributed by atoms with Gasteiger partial charge in [0.15, 0.2) is 5.69 Å². The minimum atomic E-state index is -0.402. The van der Waals surface area contributed by atoms with Gasteiger partial charge >= 0.3 is 0 Å². The summed E-state index contributed by atoms with van der Waals surface area (Å²) in [6.07, 6.45) is 1.56. The quantitative estimate of drug-likeness (QED) is 0.742. The third kappa shape index (κ3) is 3.13. The van der Waals surface area contributed by atoms with E-state index in [2.05, 4.69) is 10.3 Å². The molecule has 23 heavy (non-hydrogen) atoms. The van der Waals surface area contributed by atoms with Crippen molar-refractivity contribution in [3.05, 3.63) is 65.6 Å². The zero-order chi connectivity index (χ0) is 16.4. The number of halogens is 1. The molecule has 7 heteroatoms. The molecule has 0 aliphatic carbocycles. The van der Waals surface area contributed by atoms with Crippen LogP contribution in [0.5, 0.6) is 0 Å². The van der Waals surface area contributed by atoms with Crippen LogP contribution in [0, 0.1) is 12.7 Å². The minimum absolute atomic E-state index is 0.232. The maximum atomic E-state index is 13.8. The average molecular weight is 314 g/mol. The Bertz CT molecular complexity index is 840. The van der Waals surface area contributed by atoms with Crippen LogP contribution < -0.4 is 0 Å². The molecule has 0 aliphatic heterocycles. The van der Waals surface area contributed by atoms with Crippen LogP contribution in [0.15, 0.2) is 47.1 Å². The number of carbonyl (C=O) groups excluding carboxylic acids is 1. The molecular weight excluding hydrogens is 299 g/mol. The standard InChI is InChI=1S/C16H15FN4O2/c1-11-9-12(19-23-11)10-20(2)16(22)14-7-8-21(18-14)15-6-4-3-5-13(15)17/h3-9H,10H2,1-2H3. The molecule has 1 aromatic carbocycles. The van der Waals surface area contributed by atoms with Gasteiger partial charge in [0.05, 0.1) is 6.54 Å². The van der Waals surface area contributed by atoms with Crippen LogP contribution in [0.2, 0.25) is 0 Å². The van der Waals surface area contributed by atoms with Gasteiger partial charge < -0.3 is 9.42 Å². The van der Waals surface area contributed by atoms with Gasteiger partial charge in [0.25, 0.3) is 5.91 Å². The third-order valence-corrected chi connectivity index (χ3v) is 3.33. The smallest absolute Gasteiger partial charge is 0.274 e. The van der Waals surface area contributed by atoms with Crippen molar-refractivity contribution < 1.29 is 13.7 Å². The predicted molar refractivity (Wildman–Crippen MR) is 80.6 cm³/mol. The number of benzene rings is 1. The van der Waals surface area contributed by atoms with Gasteiger partial charge in [0.2, 0.25) is 0 Å². The summed E-state index contributed by atoms with van der Waals surface area (Å²) in [6, 6.07) is 9.57. The molecule has 1 amide bonds. The summed E-state index contributed by atoms with van der Waals surface area (Å²) in [7, 11) is 1.65. The van der Waals surface area contributed by atoms with Crippen molar-refractivity contribution in [2.24, 2.45) is 0 Å². The Morgan fingerprint density at radius 1 is 1.35 bits per heavy atom. The number of nitrogens with zero attached hydrogens (tertiary/aromatic N) is 4. The van der Waals surface area contributed by atoms with Crippen molar-refractivity contribution in [3.63, 3.8) is 0 Å². The molecule has 3 rings (SSSR count). The maximum absolute atomic E-state index is 13.8. The molecular formula is C16H15FN4O2. The molecule has 0 saturated heterocycles. The highest BCUT2D eigenvalue weighted by Gasteiger charge is 2.17. The van der Waals surface area contributed by atoms with Crippen LogP contribution in [-0.2, 0) is 6.54 Å². The average Bonchev–Trinajstić information content (AvgIpc) is 3.16. The van der Waals surface area contributed by atoms with E-state index >= 15 is 0 Å². The lowest BCUT2D eigenvalue weighted by atomic mass is 10.3. The third-order valence-electron chi connectivity index (χ3n) is 3.33. The summed E-state index contributed by atoms with van der Waals surface area (Å²) in [4.78, 5) is 13.9. The summed E-state index contributed by atoms with van der Waals surface area (Å²) in [5.74, 6) is 0.00597. The summed E-state index contributed by atoms with van der Waals surface area (Å²) < 4.78 is 20.1. The van der Waals surface area contributed by atoms with Crippen LogP contribution in [0.1, 0.15) is 21.9 Å². The van der Waals surface area contributed by atoms with E-state index in [-0.39, 0.29) is 11.6 Å². The first kappa shape index (κ1) is 15.0. The Morgan fingerprint density at radius 2 is 2.13 bits per heavy atom. The fraction of sp³-hybridized carbons (Fsp3) is 0.188. The van der Waals surface area contributed by atoms with Gasteiger partial charge in [-0.25, -0.2) is 9.07 Å². The van der Waals surface area contributed by atoms with Crippen LogP contribution in [-0.4, -0.2) is 32.8 Å². The second kappa shape index (κ2) is 6.04. The molecule has 0 aliphatic rings. The zero-order valence-electron chi connectivity index (χ0n) is 12.7. The molecule has 6 nitrogen and oxygen atoms in total. The SMILES string of the molecule is Cc1cc(CN(C)C(=O)c2ccn(-c3ccccc3F)n2)no1. The molecule has 3 aromatic rings. The Balaban J connectivity index is 1.77. The molecule has 2 aromatic heterocycles. The molecule has 0 saturated carbocycles. The summed E-state index contributed by atoms with van der Waals surface area (Å²) in [5.41, 5.74) is 1.18. The molecule has 0 bridgehead atoms. The van der Waals surface area contributed by atoms with Gasteiger partial charge in [0.1, 0.15) is 23.0 Å². The molecule has 0 N–H and O–H groups in total. The Kier molecular flexibility index (Phi) is 3.92. The fourth-order valence-electron chi connectivity index (χ4n) is 2.21. The van der Waals surface area contributed by atoms with E-state index in [9.17, 15) is 9.18 Å². The summed E-state index contributed by atoms with van der Waals surface area (Å²) in [6.45, 7) is 2.09. The van der Waals surface area contributed by atoms with E-state index in [0.717, 1.165) is 0 Å². The van der Waals surface area contributed by atoms with Gasteiger partial charge in [-0.3, -0.25) is 4.79 Å². The predicted octanol–water partition coefficient (Wildman–Crippen LogP) is 2.58. The highest BCUT2D eigenvalue weighted by molar-refractivity contribution is 5.92. The maximum Gasteiger partial charge on any atom is 0.274 e. The number of aromatic nitrogens is 3. The van der Waals surface area contributed by atoms with Crippen LogP contribution in [0.4, 0.5) is 4.39 Å². The lowest BCUT2D eigenvalue weighted by Crippen LogP contribution is -2.26. The van der Waals surface area contributed by atoms with Gasteiger partial charge in [-0.15, -0.1) is 0 Å². The number of aryl methyl sites for hydroxylation is 1. The first-order chi connectivity index (χ1) is 11.0. The summed E-state index contributed by atoms with van der Waals surface area (Å²) >= 11 is 0. The summed E-state index contributed by atoms with van der Waals surface area (Å²) in [5, 5.41) is 8.00. The minimum Gasteiger partial charge on any atom is -0.361 e. The Labute approximate surface area is 132 Å². The topological polar surface area (TPSA) is 64.2 Å². The molecule has 0 unspecified atom stereocenters. The van der Waals surface area contributed by atoms with Gasteiger partial charge in [-0.1, -0.05) is 17.3 Å². The largest absolute Gasteiger partial charge is 0.361 e. The van der Waals surface area contributed by atoms with E-state index in [1.54, 1.807) is 50.5 Å². The molecule has 118 valence electrons. The van der Waals surface area contributed by atoms with E-state index in [4.69, 9.17) is 4.52 Å². The number of hydrogen-bond donors (Lipinski definition) is 0. The number of rotatable bonds is 4. The monoisotopic (exact) mass is 314 g/mol. The van der Waals surface area contributed by atoms with E-state index < -0.39 is 5.82 Å². The highest BCUT2D eigenvalue weighted by Crippen LogP contribution is 2.13. The number of hydrogen-bond acceptors (Lipinski definition) is 4. The lowest BCUT2D eigenvalue weighted by Gasteiger charge is -2.13. The Morgan fingerprint density at radius 3 is 2.83 bits per heavy atom. The Hall–Kier alpha value is -2.96. The van der Waals surface area contributed by atoms with Crippen molar-refractivity contribution >= 4 is 5.91 Å². The van der Waals surface area contributed by atoms with Gasteiger partial charge in [0, 0.05) is 19.3 Å².